The highest BCUT2D eigenvalue weighted by atomic mass is 16.2. The molecule has 6 heteroatoms. The third kappa shape index (κ3) is 2.14. The minimum atomic E-state index is -0.424. The van der Waals surface area contributed by atoms with E-state index in [2.05, 4.69) is 12.2 Å². The quantitative estimate of drug-likeness (QED) is 0.727. The fourth-order valence-electron chi connectivity index (χ4n) is 4.96. The Labute approximate surface area is 135 Å². The van der Waals surface area contributed by atoms with Crippen LogP contribution in [0.1, 0.15) is 45.4 Å². The van der Waals surface area contributed by atoms with Crippen molar-refractivity contribution in [1.29, 1.82) is 0 Å². The van der Waals surface area contributed by atoms with E-state index in [0.717, 1.165) is 25.7 Å². The van der Waals surface area contributed by atoms with Crippen molar-refractivity contribution in [1.82, 2.24) is 10.2 Å². The van der Waals surface area contributed by atoms with Gasteiger partial charge in [0.15, 0.2) is 0 Å². The third-order valence-corrected chi connectivity index (χ3v) is 6.37. The predicted octanol–water partition coefficient (Wildman–Crippen LogP) is 0.849. The number of hydrogen-bond acceptors (Lipinski definition) is 4. The molecule has 2 heterocycles. The summed E-state index contributed by atoms with van der Waals surface area (Å²) in [7, 11) is 0. The maximum atomic E-state index is 12.8. The Hall–Kier alpha value is -1.72. The number of fused-ring (bicyclic) bond motifs is 2. The maximum absolute atomic E-state index is 12.8. The molecule has 4 amide bonds. The first-order valence-corrected chi connectivity index (χ1v) is 8.69. The zero-order valence-electron chi connectivity index (χ0n) is 13.3. The molecule has 1 N–H and O–H groups in total. The van der Waals surface area contributed by atoms with Gasteiger partial charge in [0.05, 0.1) is 23.7 Å². The van der Waals surface area contributed by atoms with Crippen molar-refractivity contribution in [3.05, 3.63) is 0 Å². The summed E-state index contributed by atoms with van der Waals surface area (Å²) < 4.78 is 0. The lowest BCUT2D eigenvalue weighted by Crippen LogP contribution is -2.42. The first-order chi connectivity index (χ1) is 11.0. The van der Waals surface area contributed by atoms with Crippen LogP contribution in [0.3, 0.4) is 0 Å². The fraction of sp³-hybridized carbons (Fsp3) is 0.765. The van der Waals surface area contributed by atoms with Crippen LogP contribution < -0.4 is 5.32 Å². The second-order valence-corrected chi connectivity index (χ2v) is 7.71. The van der Waals surface area contributed by atoms with Crippen molar-refractivity contribution in [2.24, 2.45) is 29.6 Å². The molecule has 0 bridgehead atoms. The molecule has 0 aromatic carbocycles. The van der Waals surface area contributed by atoms with Crippen molar-refractivity contribution < 1.29 is 19.2 Å². The van der Waals surface area contributed by atoms with E-state index in [1.54, 1.807) is 0 Å². The predicted molar refractivity (Wildman–Crippen MR) is 79.6 cm³/mol. The number of carbonyl (C=O) groups excluding carboxylic acids is 4. The maximum Gasteiger partial charge on any atom is 0.233 e. The fourth-order valence-corrected chi connectivity index (χ4v) is 4.96. The Morgan fingerprint density at radius 3 is 1.74 bits per heavy atom. The standard InChI is InChI=1S/C17H22N2O4/c1-8-2-4-9(5-3-8)19-16(22)12-6-10-11(7-13(12)17(19)23)15(21)18-14(10)20/h8-13H,2-7H2,1H3,(H,18,20,21). The Morgan fingerprint density at radius 2 is 1.26 bits per heavy atom. The van der Waals surface area contributed by atoms with Gasteiger partial charge in [0.2, 0.25) is 23.6 Å². The smallest absolute Gasteiger partial charge is 0.233 e. The summed E-state index contributed by atoms with van der Waals surface area (Å²) in [5.74, 6) is -1.76. The van der Waals surface area contributed by atoms with Gasteiger partial charge in [-0.1, -0.05) is 6.92 Å². The summed E-state index contributed by atoms with van der Waals surface area (Å²) >= 11 is 0. The largest absolute Gasteiger partial charge is 0.296 e. The molecule has 0 radical (unpaired) electrons. The van der Waals surface area contributed by atoms with Crippen LogP contribution in [-0.2, 0) is 19.2 Å². The van der Waals surface area contributed by atoms with E-state index in [0.29, 0.717) is 18.8 Å². The summed E-state index contributed by atoms with van der Waals surface area (Å²) in [5, 5.41) is 2.34. The molecule has 2 saturated carbocycles. The summed E-state index contributed by atoms with van der Waals surface area (Å²) in [6.07, 6.45) is 4.54. The minimum Gasteiger partial charge on any atom is -0.296 e. The van der Waals surface area contributed by atoms with E-state index in [4.69, 9.17) is 0 Å². The van der Waals surface area contributed by atoms with E-state index in [1.165, 1.54) is 4.90 Å². The van der Waals surface area contributed by atoms with E-state index < -0.39 is 23.7 Å². The second-order valence-electron chi connectivity index (χ2n) is 7.71. The van der Waals surface area contributed by atoms with E-state index in [9.17, 15) is 19.2 Å². The number of carbonyl (C=O) groups is 4. The van der Waals surface area contributed by atoms with Crippen molar-refractivity contribution in [2.45, 2.75) is 51.5 Å². The average Bonchev–Trinajstić information content (AvgIpc) is 2.94. The summed E-state index contributed by atoms with van der Waals surface area (Å²) in [4.78, 5) is 50.8. The topological polar surface area (TPSA) is 83.6 Å². The van der Waals surface area contributed by atoms with Crippen LogP contribution in [0.2, 0.25) is 0 Å². The molecule has 2 saturated heterocycles. The van der Waals surface area contributed by atoms with Gasteiger partial charge in [-0.05, 0) is 44.4 Å². The van der Waals surface area contributed by atoms with Crippen LogP contribution in [0.15, 0.2) is 0 Å². The van der Waals surface area contributed by atoms with E-state index in [1.807, 2.05) is 0 Å². The van der Waals surface area contributed by atoms with Crippen LogP contribution in [0, 0.1) is 29.6 Å². The molecule has 2 aliphatic heterocycles. The number of hydrogen-bond donors (Lipinski definition) is 1. The molecule has 4 unspecified atom stereocenters. The Bertz CT molecular complexity index is 553. The molecule has 0 spiro atoms. The molecule has 4 rings (SSSR count). The van der Waals surface area contributed by atoms with Crippen LogP contribution >= 0.6 is 0 Å². The van der Waals surface area contributed by atoms with Crippen molar-refractivity contribution in [3.63, 3.8) is 0 Å². The Kier molecular flexibility index (Phi) is 3.32. The highest BCUT2D eigenvalue weighted by molar-refractivity contribution is 6.09. The molecule has 23 heavy (non-hydrogen) atoms. The zero-order chi connectivity index (χ0) is 16.3. The van der Waals surface area contributed by atoms with Gasteiger partial charge < -0.3 is 0 Å². The van der Waals surface area contributed by atoms with Gasteiger partial charge >= 0.3 is 0 Å². The lowest BCUT2D eigenvalue weighted by atomic mass is 9.70. The normalized spacial score (nSPS) is 43.4. The van der Waals surface area contributed by atoms with Gasteiger partial charge in [-0.2, -0.15) is 0 Å². The average molecular weight is 318 g/mol. The summed E-state index contributed by atoms with van der Waals surface area (Å²) in [6, 6.07) is 0.0150. The van der Waals surface area contributed by atoms with Crippen LogP contribution in [0.4, 0.5) is 0 Å². The Morgan fingerprint density at radius 1 is 0.783 bits per heavy atom. The number of likely N-dealkylation sites (tertiary alicyclic amines) is 1. The van der Waals surface area contributed by atoms with Gasteiger partial charge in [-0.3, -0.25) is 29.4 Å². The minimum absolute atomic E-state index is 0.0150. The molecule has 4 fully saturated rings. The van der Waals surface area contributed by atoms with Gasteiger partial charge in [-0.25, -0.2) is 0 Å². The molecule has 0 aromatic rings. The first kappa shape index (κ1) is 14.8. The number of nitrogens with zero attached hydrogens (tertiary/aromatic N) is 1. The monoisotopic (exact) mass is 318 g/mol. The third-order valence-electron chi connectivity index (χ3n) is 6.37. The van der Waals surface area contributed by atoms with Crippen LogP contribution in [-0.4, -0.2) is 34.6 Å². The summed E-state index contributed by atoms with van der Waals surface area (Å²) in [6.45, 7) is 2.20. The molecule has 4 atom stereocenters. The molecular weight excluding hydrogens is 296 g/mol. The first-order valence-electron chi connectivity index (χ1n) is 8.69. The van der Waals surface area contributed by atoms with Crippen LogP contribution in [0.25, 0.3) is 0 Å². The molecule has 124 valence electrons. The molecule has 0 aromatic heterocycles. The van der Waals surface area contributed by atoms with E-state index in [-0.39, 0.29) is 29.7 Å². The van der Waals surface area contributed by atoms with E-state index >= 15 is 0 Å². The zero-order valence-corrected chi connectivity index (χ0v) is 13.3. The van der Waals surface area contributed by atoms with Gasteiger partial charge in [0.25, 0.3) is 0 Å². The van der Waals surface area contributed by atoms with Crippen molar-refractivity contribution >= 4 is 23.6 Å². The van der Waals surface area contributed by atoms with Gasteiger partial charge in [-0.15, -0.1) is 0 Å². The van der Waals surface area contributed by atoms with Crippen LogP contribution in [0.5, 0.6) is 0 Å². The molecular formula is C17H22N2O4. The molecule has 4 aliphatic rings. The highest BCUT2D eigenvalue weighted by Crippen LogP contribution is 2.47. The van der Waals surface area contributed by atoms with Gasteiger partial charge in [0, 0.05) is 6.04 Å². The van der Waals surface area contributed by atoms with Crippen molar-refractivity contribution in [2.75, 3.05) is 0 Å². The highest BCUT2D eigenvalue weighted by Gasteiger charge is 2.58. The van der Waals surface area contributed by atoms with Gasteiger partial charge in [0.1, 0.15) is 0 Å². The van der Waals surface area contributed by atoms with Crippen molar-refractivity contribution in [3.8, 4) is 0 Å². The number of imide groups is 2. The lowest BCUT2D eigenvalue weighted by Gasteiger charge is -2.32. The number of rotatable bonds is 1. The molecule has 6 nitrogen and oxygen atoms in total. The lowest BCUT2D eigenvalue weighted by molar-refractivity contribution is -0.143. The Balaban J connectivity index is 1.56. The number of nitrogens with one attached hydrogen (secondary N) is 1. The SMILES string of the molecule is CC1CCC(N2C(=O)C3CC4C(=O)NC(=O)C4CC3C2=O)CC1. The number of amides is 4. The summed E-state index contributed by atoms with van der Waals surface area (Å²) in [5.41, 5.74) is 0. The second kappa shape index (κ2) is 5.14. The molecule has 2 aliphatic carbocycles.